The van der Waals surface area contributed by atoms with Gasteiger partial charge in [-0.2, -0.15) is 5.10 Å². The van der Waals surface area contributed by atoms with Crippen LogP contribution in [0.3, 0.4) is 0 Å². The number of anilines is 1. The van der Waals surface area contributed by atoms with Gasteiger partial charge in [-0.1, -0.05) is 13.3 Å². The van der Waals surface area contributed by atoms with Crippen LogP contribution in [0.15, 0.2) is 18.5 Å². The van der Waals surface area contributed by atoms with Crippen LogP contribution in [-0.2, 0) is 0 Å². The van der Waals surface area contributed by atoms with E-state index in [9.17, 15) is 5.11 Å². The van der Waals surface area contributed by atoms with Gasteiger partial charge < -0.3 is 10.4 Å². The van der Waals surface area contributed by atoms with E-state index in [0.717, 1.165) is 29.9 Å². The summed E-state index contributed by atoms with van der Waals surface area (Å²) in [7, 11) is 0. The molecule has 5 nitrogen and oxygen atoms in total. The summed E-state index contributed by atoms with van der Waals surface area (Å²) in [6.07, 6.45) is 5.24. The van der Waals surface area contributed by atoms with Gasteiger partial charge >= 0.3 is 0 Å². The first-order valence-electron chi connectivity index (χ1n) is 6.29. The molecule has 0 spiro atoms. The van der Waals surface area contributed by atoms with Gasteiger partial charge in [0.25, 0.3) is 0 Å². The van der Waals surface area contributed by atoms with Crippen LogP contribution in [0.2, 0.25) is 0 Å². The third kappa shape index (κ3) is 2.79. The quantitative estimate of drug-likeness (QED) is 0.849. The van der Waals surface area contributed by atoms with Crippen LogP contribution in [0.4, 0.5) is 5.82 Å². The van der Waals surface area contributed by atoms with E-state index in [1.165, 1.54) is 0 Å². The monoisotopic (exact) mass is 248 g/mol. The van der Waals surface area contributed by atoms with E-state index >= 15 is 0 Å². The number of aliphatic hydroxyl groups is 1. The van der Waals surface area contributed by atoms with E-state index in [2.05, 4.69) is 22.3 Å². The molecular weight excluding hydrogens is 228 g/mol. The van der Waals surface area contributed by atoms with Crippen molar-refractivity contribution in [3.63, 3.8) is 0 Å². The summed E-state index contributed by atoms with van der Waals surface area (Å²) in [5.74, 6) is 0.759. The average molecular weight is 248 g/mol. The van der Waals surface area contributed by atoms with Crippen LogP contribution < -0.4 is 5.32 Å². The molecule has 98 valence electrons. The predicted octanol–water partition coefficient (Wildman–Crippen LogP) is 2.00. The molecule has 1 unspecified atom stereocenters. The molecule has 0 fully saturated rings. The summed E-state index contributed by atoms with van der Waals surface area (Å²) in [4.78, 5) is 4.30. The van der Waals surface area contributed by atoms with Crippen LogP contribution in [-0.4, -0.2) is 31.9 Å². The first-order valence-corrected chi connectivity index (χ1v) is 6.29. The molecule has 0 aliphatic heterocycles. The van der Waals surface area contributed by atoms with Crippen molar-refractivity contribution in [3.8, 4) is 0 Å². The second kappa shape index (κ2) is 4.94. The summed E-state index contributed by atoms with van der Waals surface area (Å²) in [6, 6.07) is 1.98. The Balaban J connectivity index is 2.17. The predicted molar refractivity (Wildman–Crippen MR) is 71.7 cm³/mol. The number of hydrogen-bond acceptors (Lipinski definition) is 4. The highest BCUT2D eigenvalue weighted by molar-refractivity contribution is 5.67. The maximum atomic E-state index is 10.1. The smallest absolute Gasteiger partial charge is 0.152 e. The molecule has 2 heterocycles. The van der Waals surface area contributed by atoms with Gasteiger partial charge in [-0.05, 0) is 26.3 Å². The molecule has 0 saturated carbocycles. The highest BCUT2D eigenvalue weighted by Crippen LogP contribution is 2.17. The van der Waals surface area contributed by atoms with Crippen LogP contribution in [0.25, 0.3) is 5.52 Å². The molecule has 2 aromatic rings. The van der Waals surface area contributed by atoms with Crippen LogP contribution in [0.1, 0.15) is 32.4 Å². The number of aryl methyl sites for hydroxylation is 1. The summed E-state index contributed by atoms with van der Waals surface area (Å²) >= 11 is 0. The van der Waals surface area contributed by atoms with Crippen molar-refractivity contribution in [2.24, 2.45) is 0 Å². The Morgan fingerprint density at radius 2 is 2.28 bits per heavy atom. The number of fused-ring (bicyclic) bond motifs is 1. The average Bonchev–Trinajstić information content (AvgIpc) is 2.67. The lowest BCUT2D eigenvalue weighted by Gasteiger charge is -2.23. The summed E-state index contributed by atoms with van der Waals surface area (Å²) in [5.41, 5.74) is 1.17. The Morgan fingerprint density at radius 3 is 3.00 bits per heavy atom. The molecule has 0 bridgehead atoms. The van der Waals surface area contributed by atoms with Gasteiger partial charge in [-0.3, -0.25) is 0 Å². The summed E-state index contributed by atoms with van der Waals surface area (Å²) in [5, 5.41) is 17.7. The van der Waals surface area contributed by atoms with Crippen LogP contribution >= 0.6 is 0 Å². The zero-order chi connectivity index (χ0) is 13.2. The molecule has 18 heavy (non-hydrogen) atoms. The molecule has 5 heteroatoms. The molecule has 2 rings (SSSR count). The Hall–Kier alpha value is -1.62. The van der Waals surface area contributed by atoms with Crippen molar-refractivity contribution in [2.45, 2.75) is 39.2 Å². The minimum Gasteiger partial charge on any atom is -0.388 e. The topological polar surface area (TPSA) is 62.5 Å². The molecule has 0 radical (unpaired) electrons. The van der Waals surface area contributed by atoms with Gasteiger partial charge in [0.15, 0.2) is 5.82 Å². The van der Waals surface area contributed by atoms with Crippen LogP contribution in [0.5, 0.6) is 0 Å². The second-order valence-corrected chi connectivity index (χ2v) is 4.99. The maximum Gasteiger partial charge on any atom is 0.152 e. The molecule has 0 aliphatic rings. The van der Waals surface area contributed by atoms with E-state index in [4.69, 9.17) is 0 Å². The Labute approximate surface area is 107 Å². The lowest BCUT2D eigenvalue weighted by Crippen LogP contribution is -2.33. The third-order valence-corrected chi connectivity index (χ3v) is 2.94. The minimum absolute atomic E-state index is 0.484. The molecule has 0 aromatic carbocycles. The van der Waals surface area contributed by atoms with Crippen molar-refractivity contribution in [1.29, 1.82) is 0 Å². The minimum atomic E-state index is -0.710. The van der Waals surface area contributed by atoms with E-state index in [0.29, 0.717) is 6.54 Å². The fraction of sp³-hybridized carbons (Fsp3) is 0.538. The molecule has 2 N–H and O–H groups in total. The summed E-state index contributed by atoms with van der Waals surface area (Å²) < 4.78 is 1.79. The number of hydrogen-bond donors (Lipinski definition) is 2. The molecule has 0 saturated heterocycles. The van der Waals surface area contributed by atoms with Gasteiger partial charge in [0.2, 0.25) is 0 Å². The normalized spacial score (nSPS) is 14.7. The van der Waals surface area contributed by atoms with E-state index in [1.54, 1.807) is 10.7 Å². The first-order chi connectivity index (χ1) is 8.52. The highest BCUT2D eigenvalue weighted by atomic mass is 16.3. The molecular formula is C13H20N4O. The Kier molecular flexibility index (Phi) is 3.52. The van der Waals surface area contributed by atoms with Gasteiger partial charge in [-0.15, -0.1) is 0 Å². The zero-order valence-corrected chi connectivity index (χ0v) is 11.1. The number of nitrogens with zero attached hydrogens (tertiary/aromatic N) is 3. The first kappa shape index (κ1) is 12.8. The fourth-order valence-electron chi connectivity index (χ4n) is 2.08. The van der Waals surface area contributed by atoms with Crippen molar-refractivity contribution in [2.75, 3.05) is 11.9 Å². The zero-order valence-electron chi connectivity index (χ0n) is 11.1. The maximum absolute atomic E-state index is 10.1. The lowest BCUT2D eigenvalue weighted by molar-refractivity contribution is 0.0636. The number of nitrogens with one attached hydrogen (secondary N) is 1. The SMILES string of the molecule is CCCC(C)(O)CNc1nccn2nc(C)cc12. The Bertz CT molecular complexity index is 533. The number of aromatic nitrogens is 3. The molecule has 0 aliphatic carbocycles. The van der Waals surface area contributed by atoms with Crippen molar-refractivity contribution in [1.82, 2.24) is 14.6 Å². The molecule has 2 aromatic heterocycles. The fourth-order valence-corrected chi connectivity index (χ4v) is 2.08. The van der Waals surface area contributed by atoms with Crippen molar-refractivity contribution in [3.05, 3.63) is 24.2 Å². The second-order valence-electron chi connectivity index (χ2n) is 4.99. The van der Waals surface area contributed by atoms with Gasteiger partial charge in [0, 0.05) is 18.9 Å². The highest BCUT2D eigenvalue weighted by Gasteiger charge is 2.19. The van der Waals surface area contributed by atoms with Crippen molar-refractivity contribution < 1.29 is 5.11 Å². The van der Waals surface area contributed by atoms with E-state index in [-0.39, 0.29) is 0 Å². The number of rotatable bonds is 5. The van der Waals surface area contributed by atoms with Gasteiger partial charge in [-0.25, -0.2) is 9.50 Å². The summed E-state index contributed by atoms with van der Waals surface area (Å²) in [6.45, 7) is 6.33. The van der Waals surface area contributed by atoms with E-state index < -0.39 is 5.60 Å². The van der Waals surface area contributed by atoms with Crippen LogP contribution in [0, 0.1) is 6.92 Å². The Morgan fingerprint density at radius 1 is 1.50 bits per heavy atom. The lowest BCUT2D eigenvalue weighted by atomic mass is 10.0. The molecule has 1 atom stereocenters. The standard InChI is InChI=1S/C13H20N4O/c1-4-5-13(3,18)9-15-12-11-8-10(2)16-17(11)7-6-14-12/h6-8,18H,4-5,9H2,1-3H3,(H,14,15). The van der Waals surface area contributed by atoms with Gasteiger partial charge in [0.1, 0.15) is 5.52 Å². The van der Waals surface area contributed by atoms with E-state index in [1.807, 2.05) is 26.1 Å². The van der Waals surface area contributed by atoms with Crippen molar-refractivity contribution >= 4 is 11.3 Å². The largest absolute Gasteiger partial charge is 0.388 e. The third-order valence-electron chi connectivity index (χ3n) is 2.94. The van der Waals surface area contributed by atoms with Gasteiger partial charge in [0.05, 0.1) is 11.3 Å². The molecule has 0 amide bonds.